The van der Waals surface area contributed by atoms with Gasteiger partial charge in [-0.05, 0) is 0 Å². The molecular formula is C12H23B3. The molecule has 0 aromatic heterocycles. The summed E-state index contributed by atoms with van der Waals surface area (Å²) >= 11 is 0. The van der Waals surface area contributed by atoms with E-state index in [-0.39, 0.29) is 0 Å². The van der Waals surface area contributed by atoms with Crippen molar-refractivity contribution in [2.45, 2.75) is 74.0 Å². The van der Waals surface area contributed by atoms with E-state index < -0.39 is 0 Å². The zero-order valence-electron chi connectivity index (χ0n) is 10.3. The molecule has 4 atom stereocenters. The van der Waals surface area contributed by atoms with E-state index in [0.29, 0.717) is 0 Å². The third-order valence-corrected chi connectivity index (χ3v) is 5.84. The lowest BCUT2D eigenvalue weighted by Gasteiger charge is -2.44. The van der Waals surface area contributed by atoms with Gasteiger partial charge in [0.1, 0.15) is 22.4 Å². The maximum Gasteiger partial charge on any atom is 0.127 e. The average Bonchev–Trinajstić information content (AvgIpc) is 2.12. The SMILES string of the molecule is BC1CCC1BC1CCC1BC1CCC1. The monoisotopic (exact) mass is 200 g/mol. The Morgan fingerprint density at radius 3 is 1.80 bits per heavy atom. The fourth-order valence-corrected chi connectivity index (χ4v) is 3.89. The summed E-state index contributed by atoms with van der Waals surface area (Å²) < 4.78 is 0. The number of rotatable bonds is 4. The first kappa shape index (κ1) is 10.4. The highest BCUT2D eigenvalue weighted by Gasteiger charge is 2.39. The molecule has 3 aliphatic carbocycles. The first-order chi connectivity index (χ1) is 7.33. The van der Waals surface area contributed by atoms with E-state index in [1.165, 1.54) is 12.8 Å². The summed E-state index contributed by atoms with van der Waals surface area (Å²) in [5, 5.41) is 0. The van der Waals surface area contributed by atoms with E-state index in [0.717, 1.165) is 29.1 Å². The number of hydrogen-bond acceptors (Lipinski definition) is 0. The van der Waals surface area contributed by atoms with Crippen LogP contribution >= 0.6 is 0 Å². The third-order valence-electron chi connectivity index (χ3n) is 5.84. The van der Waals surface area contributed by atoms with E-state index >= 15 is 0 Å². The minimum Gasteiger partial charge on any atom is -0.0736 e. The Balaban J connectivity index is 1.41. The standard InChI is InChI=1S/C12H23B3/c13-9-4-5-10(9)15-12-7-6-11(12)14-8-2-1-3-8/h8-12,14-15H,1-7,13H2. The van der Waals surface area contributed by atoms with E-state index in [9.17, 15) is 0 Å². The van der Waals surface area contributed by atoms with Crippen LogP contribution in [0.15, 0.2) is 0 Å². The lowest BCUT2D eigenvalue weighted by Crippen LogP contribution is -2.33. The van der Waals surface area contributed by atoms with Crippen molar-refractivity contribution in [2.24, 2.45) is 0 Å². The molecule has 15 heavy (non-hydrogen) atoms. The molecule has 0 aromatic carbocycles. The molecule has 3 rings (SSSR count). The Labute approximate surface area is 96.9 Å². The molecule has 0 spiro atoms. The van der Waals surface area contributed by atoms with Gasteiger partial charge in [0.25, 0.3) is 0 Å². The van der Waals surface area contributed by atoms with Gasteiger partial charge in [-0.15, -0.1) is 0 Å². The molecule has 3 saturated carbocycles. The first-order valence-electron chi connectivity index (χ1n) is 7.33. The minimum atomic E-state index is 1.06. The fourth-order valence-electron chi connectivity index (χ4n) is 3.89. The maximum atomic E-state index is 2.47. The van der Waals surface area contributed by atoms with Crippen LogP contribution in [0.3, 0.4) is 0 Å². The van der Waals surface area contributed by atoms with Gasteiger partial charge in [0.2, 0.25) is 0 Å². The average molecular weight is 200 g/mol. The minimum absolute atomic E-state index is 1.06. The molecule has 0 saturated heterocycles. The van der Waals surface area contributed by atoms with E-state index in [4.69, 9.17) is 0 Å². The topological polar surface area (TPSA) is 0 Å². The molecule has 4 unspecified atom stereocenters. The van der Waals surface area contributed by atoms with Gasteiger partial charge in [0, 0.05) is 0 Å². The predicted molar refractivity (Wildman–Crippen MR) is 73.9 cm³/mol. The molecule has 0 bridgehead atoms. The van der Waals surface area contributed by atoms with E-state index in [1.807, 2.05) is 0 Å². The van der Waals surface area contributed by atoms with Crippen LogP contribution in [0, 0.1) is 0 Å². The quantitative estimate of drug-likeness (QED) is 0.610. The van der Waals surface area contributed by atoms with E-state index in [1.54, 1.807) is 46.7 Å². The Hall–Kier alpha value is 0.195. The predicted octanol–water partition coefficient (Wildman–Crippen LogP) is 2.21. The molecule has 0 radical (unpaired) electrons. The van der Waals surface area contributed by atoms with Crippen LogP contribution in [0.1, 0.15) is 44.9 Å². The van der Waals surface area contributed by atoms with Gasteiger partial charge in [0.05, 0.1) is 0 Å². The van der Waals surface area contributed by atoms with Crippen molar-refractivity contribution < 1.29 is 0 Å². The molecule has 0 nitrogen and oxygen atoms in total. The van der Waals surface area contributed by atoms with Gasteiger partial charge in [-0.3, -0.25) is 0 Å². The van der Waals surface area contributed by atoms with Crippen molar-refractivity contribution in [2.75, 3.05) is 0 Å². The summed E-state index contributed by atoms with van der Waals surface area (Å²) in [5.41, 5.74) is 0. The third kappa shape index (κ3) is 2.04. The maximum absolute atomic E-state index is 2.47. The van der Waals surface area contributed by atoms with Crippen molar-refractivity contribution >= 4 is 22.4 Å². The van der Waals surface area contributed by atoms with Crippen molar-refractivity contribution in [1.29, 1.82) is 0 Å². The highest BCUT2D eigenvalue weighted by Crippen LogP contribution is 2.53. The van der Waals surface area contributed by atoms with Crippen molar-refractivity contribution in [3.05, 3.63) is 0 Å². The lowest BCUT2D eigenvalue weighted by atomic mass is 9.30. The summed E-state index contributed by atoms with van der Waals surface area (Å²) in [6.07, 6.45) is 10.9. The van der Waals surface area contributed by atoms with Crippen LogP contribution in [-0.2, 0) is 0 Å². The second-order valence-electron chi connectivity index (χ2n) is 6.68. The van der Waals surface area contributed by atoms with Crippen LogP contribution in [0.4, 0.5) is 0 Å². The molecular weight excluding hydrogens is 177 g/mol. The highest BCUT2D eigenvalue weighted by atomic mass is 14.3. The summed E-state index contributed by atoms with van der Waals surface area (Å²) in [6.45, 7) is 0. The molecule has 0 N–H and O–H groups in total. The largest absolute Gasteiger partial charge is 0.127 e. The fraction of sp³-hybridized carbons (Fsp3) is 1.00. The van der Waals surface area contributed by atoms with Crippen LogP contribution in [0.25, 0.3) is 0 Å². The Morgan fingerprint density at radius 1 is 0.733 bits per heavy atom. The summed E-state index contributed by atoms with van der Waals surface area (Å²) in [4.78, 5) is 0. The smallest absolute Gasteiger partial charge is 0.0736 e. The Morgan fingerprint density at radius 2 is 1.40 bits per heavy atom. The van der Waals surface area contributed by atoms with Crippen LogP contribution in [0.2, 0.25) is 29.1 Å². The van der Waals surface area contributed by atoms with Crippen molar-refractivity contribution in [3.63, 3.8) is 0 Å². The second-order valence-corrected chi connectivity index (χ2v) is 6.68. The molecule has 0 heterocycles. The Bertz CT molecular complexity index is 227. The molecule has 0 aliphatic heterocycles. The molecule has 0 amide bonds. The van der Waals surface area contributed by atoms with Crippen LogP contribution < -0.4 is 0 Å². The zero-order chi connectivity index (χ0) is 10.3. The highest BCUT2D eigenvalue weighted by molar-refractivity contribution is 6.49. The van der Waals surface area contributed by atoms with E-state index in [2.05, 4.69) is 7.85 Å². The molecule has 3 aliphatic rings. The van der Waals surface area contributed by atoms with Gasteiger partial charge < -0.3 is 0 Å². The van der Waals surface area contributed by atoms with Crippen molar-refractivity contribution in [3.8, 4) is 0 Å². The normalized spacial score (nSPS) is 44.8. The lowest BCUT2D eigenvalue weighted by molar-refractivity contribution is 0.435. The Kier molecular flexibility index (Phi) is 2.91. The molecule has 0 aromatic rings. The summed E-state index contributed by atoms with van der Waals surface area (Å²) in [7, 11) is 5.66. The first-order valence-corrected chi connectivity index (χ1v) is 7.33. The molecule has 3 fully saturated rings. The van der Waals surface area contributed by atoms with Gasteiger partial charge in [-0.2, -0.15) is 0 Å². The summed E-state index contributed by atoms with van der Waals surface area (Å²) in [6, 6.07) is 0. The molecule has 80 valence electrons. The van der Waals surface area contributed by atoms with Gasteiger partial charge >= 0.3 is 0 Å². The van der Waals surface area contributed by atoms with Crippen LogP contribution in [0.5, 0.6) is 0 Å². The van der Waals surface area contributed by atoms with Gasteiger partial charge in [0.15, 0.2) is 0 Å². The second kappa shape index (κ2) is 4.22. The van der Waals surface area contributed by atoms with Gasteiger partial charge in [-0.1, -0.05) is 74.0 Å². The zero-order valence-corrected chi connectivity index (χ0v) is 10.3. The van der Waals surface area contributed by atoms with Crippen molar-refractivity contribution in [1.82, 2.24) is 0 Å². The molecule has 3 heteroatoms. The van der Waals surface area contributed by atoms with Gasteiger partial charge in [-0.25, -0.2) is 0 Å². The summed E-state index contributed by atoms with van der Waals surface area (Å²) in [5.74, 6) is 5.65. The number of hydrogen-bond donors (Lipinski definition) is 0. The van der Waals surface area contributed by atoms with Crippen LogP contribution in [-0.4, -0.2) is 22.4 Å².